The van der Waals surface area contributed by atoms with E-state index in [1.54, 1.807) is 10.8 Å². The minimum Gasteiger partial charge on any atom is -0.336 e. The number of imidazole rings is 1. The highest BCUT2D eigenvalue weighted by Gasteiger charge is 2.25. The van der Waals surface area contributed by atoms with E-state index in [0.29, 0.717) is 11.7 Å². The number of benzene rings is 1. The Morgan fingerprint density at radius 2 is 1.62 bits per heavy atom. The third kappa shape index (κ3) is 5.06. The summed E-state index contributed by atoms with van der Waals surface area (Å²) in [4.78, 5) is 23.7. The van der Waals surface area contributed by atoms with E-state index in [9.17, 15) is 4.79 Å². The molecule has 1 aromatic heterocycles. The van der Waals surface area contributed by atoms with Crippen molar-refractivity contribution in [3.05, 3.63) is 53.6 Å². The molecule has 0 saturated carbocycles. The largest absolute Gasteiger partial charge is 0.336 e. The molecule has 2 fully saturated rings. The summed E-state index contributed by atoms with van der Waals surface area (Å²) >= 11 is 0. The highest BCUT2D eigenvalue weighted by molar-refractivity contribution is 5.90. The molecule has 2 aliphatic rings. The van der Waals surface area contributed by atoms with Gasteiger partial charge in [-0.3, -0.25) is 9.69 Å². The van der Waals surface area contributed by atoms with E-state index in [1.807, 2.05) is 18.1 Å². The number of carbonyl (C=O) groups is 1. The standard InChI is InChI=1S/C23H33N5O/c1-25-13-15-27(16-14-25)18-21-5-3-19(4-6-21)17-20-7-10-28(11-8-20)23(29)22-24-9-12-26(22)2/h3-6,9,12,20H,7-8,10-11,13-18H2,1-2H3. The Morgan fingerprint density at radius 3 is 2.24 bits per heavy atom. The van der Waals surface area contributed by atoms with Crippen molar-refractivity contribution >= 4 is 5.91 Å². The van der Waals surface area contributed by atoms with Crippen LogP contribution in [0.25, 0.3) is 0 Å². The summed E-state index contributed by atoms with van der Waals surface area (Å²) in [6, 6.07) is 9.20. The second kappa shape index (κ2) is 9.09. The van der Waals surface area contributed by atoms with Crippen molar-refractivity contribution in [2.75, 3.05) is 46.3 Å². The van der Waals surface area contributed by atoms with Crippen LogP contribution in [0.15, 0.2) is 36.7 Å². The third-order valence-corrected chi connectivity index (χ3v) is 6.46. The van der Waals surface area contributed by atoms with Gasteiger partial charge in [0.1, 0.15) is 0 Å². The lowest BCUT2D eigenvalue weighted by molar-refractivity contribution is 0.0674. The minimum atomic E-state index is 0.0595. The Balaban J connectivity index is 1.24. The van der Waals surface area contributed by atoms with E-state index >= 15 is 0 Å². The summed E-state index contributed by atoms with van der Waals surface area (Å²) in [7, 11) is 4.07. The van der Waals surface area contributed by atoms with E-state index in [-0.39, 0.29) is 5.91 Å². The van der Waals surface area contributed by atoms with Crippen molar-refractivity contribution < 1.29 is 4.79 Å². The van der Waals surface area contributed by atoms with Crippen LogP contribution in [0.3, 0.4) is 0 Å². The van der Waals surface area contributed by atoms with Gasteiger partial charge in [0.05, 0.1) is 0 Å². The number of carbonyl (C=O) groups excluding carboxylic acids is 1. The van der Waals surface area contributed by atoms with Crippen LogP contribution in [0.2, 0.25) is 0 Å². The van der Waals surface area contributed by atoms with Gasteiger partial charge in [0.15, 0.2) is 5.82 Å². The van der Waals surface area contributed by atoms with Crippen molar-refractivity contribution in [1.82, 2.24) is 24.3 Å². The fraction of sp³-hybridized carbons (Fsp3) is 0.565. The normalized spacial score (nSPS) is 19.6. The van der Waals surface area contributed by atoms with Crippen LogP contribution in [0.4, 0.5) is 0 Å². The van der Waals surface area contributed by atoms with Gasteiger partial charge >= 0.3 is 0 Å². The van der Waals surface area contributed by atoms with Gasteiger partial charge in [-0.2, -0.15) is 0 Å². The fourth-order valence-corrected chi connectivity index (χ4v) is 4.43. The van der Waals surface area contributed by atoms with Crippen LogP contribution < -0.4 is 0 Å². The first-order chi connectivity index (χ1) is 14.1. The quantitative estimate of drug-likeness (QED) is 0.779. The van der Waals surface area contributed by atoms with Crippen LogP contribution >= 0.6 is 0 Å². The zero-order valence-corrected chi connectivity index (χ0v) is 17.8. The number of aryl methyl sites for hydroxylation is 1. The van der Waals surface area contributed by atoms with E-state index in [0.717, 1.165) is 52.0 Å². The lowest BCUT2D eigenvalue weighted by atomic mass is 9.90. The number of amides is 1. The number of aromatic nitrogens is 2. The SMILES string of the molecule is CN1CCN(Cc2ccc(CC3CCN(C(=O)c4nccn4C)CC3)cc2)CC1. The molecule has 1 amide bonds. The summed E-state index contributed by atoms with van der Waals surface area (Å²) in [6.45, 7) is 7.37. The van der Waals surface area contributed by atoms with Gasteiger partial charge < -0.3 is 14.4 Å². The molecular weight excluding hydrogens is 362 g/mol. The lowest BCUT2D eigenvalue weighted by Crippen LogP contribution is -2.43. The summed E-state index contributed by atoms with van der Waals surface area (Å²) in [5.74, 6) is 1.26. The molecule has 0 N–H and O–H groups in total. The molecule has 0 radical (unpaired) electrons. The minimum absolute atomic E-state index is 0.0595. The molecule has 3 heterocycles. The Labute approximate surface area is 174 Å². The van der Waals surface area contributed by atoms with Gasteiger partial charge in [-0.15, -0.1) is 0 Å². The maximum Gasteiger partial charge on any atom is 0.289 e. The van der Waals surface area contributed by atoms with Gasteiger partial charge in [0.25, 0.3) is 5.91 Å². The predicted molar refractivity (Wildman–Crippen MR) is 115 cm³/mol. The van der Waals surface area contributed by atoms with Gasteiger partial charge in [0.2, 0.25) is 0 Å². The monoisotopic (exact) mass is 395 g/mol. The molecule has 0 aliphatic carbocycles. The summed E-state index contributed by atoms with van der Waals surface area (Å²) in [6.07, 6.45) is 6.76. The second-order valence-electron chi connectivity index (χ2n) is 8.70. The Hall–Kier alpha value is -2.18. The van der Waals surface area contributed by atoms with Crippen LogP contribution in [-0.2, 0) is 20.0 Å². The highest BCUT2D eigenvalue weighted by atomic mass is 16.2. The van der Waals surface area contributed by atoms with Crippen LogP contribution in [-0.4, -0.2) is 76.5 Å². The zero-order valence-electron chi connectivity index (χ0n) is 17.8. The lowest BCUT2D eigenvalue weighted by Gasteiger charge is -2.32. The number of piperidine rings is 1. The molecule has 2 aromatic rings. The van der Waals surface area contributed by atoms with Crippen molar-refractivity contribution in [3.63, 3.8) is 0 Å². The maximum absolute atomic E-state index is 12.6. The van der Waals surface area contributed by atoms with Crippen molar-refractivity contribution in [2.24, 2.45) is 13.0 Å². The smallest absolute Gasteiger partial charge is 0.289 e. The van der Waals surface area contributed by atoms with Gasteiger partial charge in [-0.25, -0.2) is 4.98 Å². The number of nitrogens with zero attached hydrogens (tertiary/aromatic N) is 5. The van der Waals surface area contributed by atoms with E-state index in [4.69, 9.17) is 0 Å². The van der Waals surface area contributed by atoms with Crippen molar-refractivity contribution in [1.29, 1.82) is 0 Å². The topological polar surface area (TPSA) is 44.6 Å². The number of hydrogen-bond donors (Lipinski definition) is 0. The average molecular weight is 396 g/mol. The molecule has 4 rings (SSSR count). The Kier molecular flexibility index (Phi) is 6.31. The summed E-state index contributed by atoms with van der Waals surface area (Å²) < 4.78 is 1.80. The Morgan fingerprint density at radius 1 is 0.966 bits per heavy atom. The van der Waals surface area contributed by atoms with Crippen LogP contribution in [0, 0.1) is 5.92 Å². The average Bonchev–Trinajstić information content (AvgIpc) is 3.17. The van der Waals surface area contributed by atoms with Gasteiger partial charge in [0, 0.05) is 65.3 Å². The molecule has 156 valence electrons. The molecule has 2 saturated heterocycles. The van der Waals surface area contributed by atoms with Crippen molar-refractivity contribution in [2.45, 2.75) is 25.8 Å². The first-order valence-electron chi connectivity index (χ1n) is 10.8. The maximum atomic E-state index is 12.6. The molecular formula is C23H33N5O. The third-order valence-electron chi connectivity index (χ3n) is 6.46. The van der Waals surface area contributed by atoms with E-state index in [2.05, 4.69) is 46.1 Å². The fourth-order valence-electron chi connectivity index (χ4n) is 4.43. The highest BCUT2D eigenvalue weighted by Crippen LogP contribution is 2.23. The molecule has 0 spiro atoms. The predicted octanol–water partition coefficient (Wildman–Crippen LogP) is 2.26. The Bertz CT molecular complexity index is 799. The van der Waals surface area contributed by atoms with Gasteiger partial charge in [-0.05, 0) is 43.4 Å². The van der Waals surface area contributed by atoms with Crippen molar-refractivity contribution in [3.8, 4) is 0 Å². The molecule has 0 bridgehead atoms. The first-order valence-corrected chi connectivity index (χ1v) is 10.8. The number of rotatable bonds is 5. The number of piperazine rings is 1. The molecule has 1 aromatic carbocycles. The van der Waals surface area contributed by atoms with E-state index < -0.39 is 0 Å². The number of likely N-dealkylation sites (N-methyl/N-ethyl adjacent to an activating group) is 1. The molecule has 29 heavy (non-hydrogen) atoms. The summed E-state index contributed by atoms with van der Waals surface area (Å²) in [5.41, 5.74) is 2.83. The number of likely N-dealkylation sites (tertiary alicyclic amines) is 1. The molecule has 6 heteroatoms. The number of hydrogen-bond acceptors (Lipinski definition) is 4. The molecule has 6 nitrogen and oxygen atoms in total. The molecule has 0 unspecified atom stereocenters. The van der Waals surface area contributed by atoms with Crippen LogP contribution in [0.5, 0.6) is 0 Å². The van der Waals surface area contributed by atoms with Gasteiger partial charge in [-0.1, -0.05) is 24.3 Å². The first kappa shape index (κ1) is 20.1. The molecule has 2 aliphatic heterocycles. The second-order valence-corrected chi connectivity index (χ2v) is 8.70. The summed E-state index contributed by atoms with van der Waals surface area (Å²) in [5, 5.41) is 0. The van der Waals surface area contributed by atoms with Crippen LogP contribution in [0.1, 0.15) is 34.6 Å². The molecule has 0 atom stereocenters. The van der Waals surface area contributed by atoms with E-state index in [1.165, 1.54) is 24.2 Å². The zero-order chi connectivity index (χ0) is 20.2.